The van der Waals surface area contributed by atoms with Gasteiger partial charge in [0.15, 0.2) is 15.7 Å². The number of amides is 1. The van der Waals surface area contributed by atoms with Crippen LogP contribution in [0.3, 0.4) is 0 Å². The van der Waals surface area contributed by atoms with Crippen LogP contribution in [-0.4, -0.2) is 71.1 Å². The highest BCUT2D eigenvalue weighted by Crippen LogP contribution is 2.29. The maximum Gasteiger partial charge on any atom is 0.233 e. The lowest BCUT2D eigenvalue weighted by Gasteiger charge is -2.27. The van der Waals surface area contributed by atoms with E-state index in [-0.39, 0.29) is 29.2 Å². The van der Waals surface area contributed by atoms with E-state index in [9.17, 15) is 13.2 Å². The van der Waals surface area contributed by atoms with Crippen LogP contribution < -0.4 is 10.6 Å². The average Bonchev–Trinajstić information content (AvgIpc) is 3.25. The molecule has 1 aromatic heterocycles. The fourth-order valence-corrected chi connectivity index (χ4v) is 5.84. The van der Waals surface area contributed by atoms with Crippen LogP contribution in [0.1, 0.15) is 19.8 Å². The zero-order chi connectivity index (χ0) is 21.0. The lowest BCUT2D eigenvalue weighted by molar-refractivity contribution is -0.130. The van der Waals surface area contributed by atoms with Gasteiger partial charge in [0.25, 0.3) is 0 Å². The molecule has 1 unspecified atom stereocenters. The predicted molar refractivity (Wildman–Crippen MR) is 112 cm³/mol. The Kier molecular flexibility index (Phi) is 6.68. The van der Waals surface area contributed by atoms with Crippen molar-refractivity contribution in [2.24, 2.45) is 0 Å². The van der Waals surface area contributed by atoms with Crippen molar-refractivity contribution in [3.05, 3.63) is 24.3 Å². The number of para-hydroxylation sites is 1. The van der Waals surface area contributed by atoms with Crippen molar-refractivity contribution in [2.75, 3.05) is 36.8 Å². The van der Waals surface area contributed by atoms with Crippen molar-refractivity contribution >= 4 is 27.5 Å². The van der Waals surface area contributed by atoms with E-state index in [1.807, 2.05) is 25.1 Å². The van der Waals surface area contributed by atoms with Crippen molar-refractivity contribution in [3.63, 3.8) is 0 Å². The van der Waals surface area contributed by atoms with Gasteiger partial charge in [0, 0.05) is 12.6 Å². The molecule has 1 atom stereocenters. The summed E-state index contributed by atoms with van der Waals surface area (Å²) in [6.07, 6.45) is 1.25. The Labute approximate surface area is 174 Å². The van der Waals surface area contributed by atoms with E-state index in [2.05, 4.69) is 10.2 Å². The molecule has 0 spiro atoms. The Morgan fingerprint density at radius 1 is 1.38 bits per heavy atom. The molecule has 0 radical (unpaired) electrons. The Morgan fingerprint density at radius 2 is 2.14 bits per heavy atom. The number of aromatic nitrogens is 3. The number of methoxy groups -OCH3 is 1. The first-order valence-corrected chi connectivity index (χ1v) is 12.1. The Morgan fingerprint density at radius 3 is 2.79 bits per heavy atom. The van der Waals surface area contributed by atoms with E-state index in [1.165, 1.54) is 16.4 Å². The fraction of sp³-hybridized carbons (Fsp3) is 0.500. The summed E-state index contributed by atoms with van der Waals surface area (Å²) in [6.45, 7) is 2.49. The van der Waals surface area contributed by atoms with Gasteiger partial charge in [-0.15, -0.1) is 10.2 Å². The summed E-state index contributed by atoms with van der Waals surface area (Å²) in [5.74, 6) is 7.36. The first-order chi connectivity index (χ1) is 13.9. The molecular formula is C18H25N5O4S2. The SMILES string of the molecule is CCCN(C(=O)CSc1nnc(-c2ccccc2OC)n1N)C1CCS(=O)(=O)C1. The van der Waals surface area contributed by atoms with Crippen LogP contribution in [0.2, 0.25) is 0 Å². The Bertz CT molecular complexity index is 976. The molecule has 0 bridgehead atoms. The largest absolute Gasteiger partial charge is 0.496 e. The van der Waals surface area contributed by atoms with Gasteiger partial charge in [-0.3, -0.25) is 4.79 Å². The molecule has 2 N–H and O–H groups in total. The van der Waals surface area contributed by atoms with Crippen molar-refractivity contribution in [3.8, 4) is 17.1 Å². The normalized spacial score (nSPS) is 17.9. The maximum absolute atomic E-state index is 12.8. The molecule has 3 rings (SSSR count). The van der Waals surface area contributed by atoms with E-state index in [1.54, 1.807) is 18.1 Å². The minimum absolute atomic E-state index is 0.0361. The molecule has 2 heterocycles. The van der Waals surface area contributed by atoms with Gasteiger partial charge in [0.1, 0.15) is 5.75 Å². The van der Waals surface area contributed by atoms with Gasteiger partial charge in [-0.25, -0.2) is 13.1 Å². The van der Waals surface area contributed by atoms with Crippen molar-refractivity contribution < 1.29 is 17.9 Å². The van der Waals surface area contributed by atoms with Crippen LogP contribution in [0.4, 0.5) is 0 Å². The molecule has 2 aromatic rings. The number of carbonyl (C=O) groups is 1. The van der Waals surface area contributed by atoms with Gasteiger partial charge in [-0.1, -0.05) is 30.8 Å². The molecule has 1 amide bonds. The molecule has 1 fully saturated rings. The number of ether oxygens (including phenoxy) is 1. The second-order valence-electron chi connectivity index (χ2n) is 6.81. The maximum atomic E-state index is 12.8. The molecule has 158 valence electrons. The molecule has 11 heteroatoms. The fourth-order valence-electron chi connectivity index (χ4n) is 3.37. The van der Waals surface area contributed by atoms with Gasteiger partial charge < -0.3 is 15.5 Å². The standard InChI is InChI=1S/C18H25N5O4S2/c1-3-9-22(13-8-10-29(25,26)12-13)16(24)11-28-18-21-20-17(23(18)19)14-6-4-5-7-15(14)27-2/h4-7,13H,3,8-12,19H2,1-2H3. The molecule has 0 aliphatic carbocycles. The predicted octanol–water partition coefficient (Wildman–Crippen LogP) is 1.19. The number of nitrogen functional groups attached to an aromatic ring is 1. The van der Waals surface area contributed by atoms with Gasteiger partial charge in [-0.2, -0.15) is 0 Å². The summed E-state index contributed by atoms with van der Waals surface area (Å²) in [7, 11) is -1.49. The third kappa shape index (κ3) is 4.84. The van der Waals surface area contributed by atoms with E-state index in [0.29, 0.717) is 35.3 Å². The second kappa shape index (κ2) is 9.04. The third-order valence-electron chi connectivity index (χ3n) is 4.77. The van der Waals surface area contributed by atoms with Crippen LogP contribution in [0.5, 0.6) is 5.75 Å². The first kappa shape index (κ1) is 21.4. The van der Waals surface area contributed by atoms with Crippen LogP contribution in [0.25, 0.3) is 11.4 Å². The Hall–Kier alpha value is -2.27. The first-order valence-electron chi connectivity index (χ1n) is 9.33. The number of rotatable bonds is 8. The van der Waals surface area contributed by atoms with Gasteiger partial charge >= 0.3 is 0 Å². The molecule has 1 aromatic carbocycles. The summed E-state index contributed by atoms with van der Waals surface area (Å²) >= 11 is 1.18. The van der Waals surface area contributed by atoms with E-state index in [4.69, 9.17) is 10.6 Å². The monoisotopic (exact) mass is 439 g/mol. The topological polar surface area (TPSA) is 120 Å². The molecular weight excluding hydrogens is 414 g/mol. The third-order valence-corrected chi connectivity index (χ3v) is 7.45. The van der Waals surface area contributed by atoms with Crippen LogP contribution >= 0.6 is 11.8 Å². The highest BCUT2D eigenvalue weighted by Gasteiger charge is 2.34. The minimum Gasteiger partial charge on any atom is -0.496 e. The van der Waals surface area contributed by atoms with Crippen molar-refractivity contribution in [1.29, 1.82) is 0 Å². The lowest BCUT2D eigenvalue weighted by atomic mass is 10.2. The summed E-state index contributed by atoms with van der Waals surface area (Å²) in [5, 5.41) is 8.63. The van der Waals surface area contributed by atoms with Crippen LogP contribution in [0, 0.1) is 0 Å². The summed E-state index contributed by atoms with van der Waals surface area (Å²) in [4.78, 5) is 14.5. The van der Waals surface area contributed by atoms with Crippen molar-refractivity contribution in [1.82, 2.24) is 19.8 Å². The quantitative estimate of drug-likeness (QED) is 0.481. The van der Waals surface area contributed by atoms with Gasteiger partial charge in [0.05, 0.1) is 29.9 Å². The number of hydrogen-bond acceptors (Lipinski definition) is 8. The van der Waals surface area contributed by atoms with E-state index >= 15 is 0 Å². The Balaban J connectivity index is 1.71. The number of sulfone groups is 1. The highest BCUT2D eigenvalue weighted by molar-refractivity contribution is 7.99. The zero-order valence-corrected chi connectivity index (χ0v) is 18.1. The molecule has 1 saturated heterocycles. The zero-order valence-electron chi connectivity index (χ0n) is 16.4. The number of carbonyl (C=O) groups excluding carboxylic acids is 1. The number of nitrogens with zero attached hydrogens (tertiary/aromatic N) is 4. The second-order valence-corrected chi connectivity index (χ2v) is 9.98. The van der Waals surface area contributed by atoms with Gasteiger partial charge in [0.2, 0.25) is 11.1 Å². The molecule has 0 saturated carbocycles. The number of thioether (sulfide) groups is 1. The summed E-state index contributed by atoms with van der Waals surface area (Å²) in [6, 6.07) is 7.07. The number of nitrogens with two attached hydrogens (primary N) is 1. The van der Waals surface area contributed by atoms with Crippen molar-refractivity contribution in [2.45, 2.75) is 31.0 Å². The smallest absolute Gasteiger partial charge is 0.233 e. The molecule has 1 aliphatic heterocycles. The summed E-state index contributed by atoms with van der Waals surface area (Å²) in [5.41, 5.74) is 0.701. The number of benzene rings is 1. The van der Waals surface area contributed by atoms with Crippen LogP contribution in [-0.2, 0) is 14.6 Å². The minimum atomic E-state index is -3.06. The van der Waals surface area contributed by atoms with E-state index < -0.39 is 9.84 Å². The van der Waals surface area contributed by atoms with Crippen LogP contribution in [0.15, 0.2) is 29.4 Å². The summed E-state index contributed by atoms with van der Waals surface area (Å²) < 4.78 is 30.3. The average molecular weight is 440 g/mol. The molecule has 9 nitrogen and oxygen atoms in total. The van der Waals surface area contributed by atoms with Gasteiger partial charge in [-0.05, 0) is 25.0 Å². The number of hydrogen-bond donors (Lipinski definition) is 1. The van der Waals surface area contributed by atoms with E-state index in [0.717, 1.165) is 6.42 Å². The molecule has 1 aliphatic rings. The lowest BCUT2D eigenvalue weighted by Crippen LogP contribution is -2.42. The highest BCUT2D eigenvalue weighted by atomic mass is 32.2. The molecule has 29 heavy (non-hydrogen) atoms.